The molecule has 1 heterocycles. The maximum Gasteiger partial charge on any atom is 0.337 e. The Morgan fingerprint density at radius 3 is 2.38 bits per heavy atom. The van der Waals surface area contributed by atoms with Crippen molar-refractivity contribution >= 4 is 45.0 Å². The molecule has 0 spiro atoms. The average Bonchev–Trinajstić information content (AvgIpc) is 2.40. The van der Waals surface area contributed by atoms with Gasteiger partial charge in [0.25, 0.3) is 10.0 Å². The van der Waals surface area contributed by atoms with Crippen molar-refractivity contribution in [1.82, 2.24) is 10.2 Å². The third kappa shape index (κ3) is 3.60. The fraction of sp³-hybridized carbons (Fsp3) is 0. The topological polar surface area (TPSA) is 109 Å². The predicted molar refractivity (Wildman–Crippen MR) is 76.3 cm³/mol. The molecule has 0 amide bonds. The number of benzene rings is 1. The Balaban J connectivity index is 2.33. The van der Waals surface area contributed by atoms with Crippen LogP contribution in [-0.4, -0.2) is 29.7 Å². The summed E-state index contributed by atoms with van der Waals surface area (Å²) >= 11 is 11.3. The number of anilines is 1. The lowest BCUT2D eigenvalue weighted by Gasteiger charge is -2.08. The molecule has 0 fully saturated rings. The van der Waals surface area contributed by atoms with Gasteiger partial charge < -0.3 is 5.11 Å². The van der Waals surface area contributed by atoms with Crippen LogP contribution in [0.2, 0.25) is 10.2 Å². The number of hydrogen-bond donors (Lipinski definition) is 2. The first-order valence-corrected chi connectivity index (χ1v) is 7.58. The van der Waals surface area contributed by atoms with Gasteiger partial charge in [-0.15, -0.1) is 10.2 Å². The number of rotatable bonds is 4. The van der Waals surface area contributed by atoms with Crippen LogP contribution in [0.1, 0.15) is 10.4 Å². The summed E-state index contributed by atoms with van der Waals surface area (Å²) in [4.78, 5) is 10.6. The molecule has 21 heavy (non-hydrogen) atoms. The van der Waals surface area contributed by atoms with Crippen LogP contribution in [0.5, 0.6) is 0 Å². The van der Waals surface area contributed by atoms with Crippen molar-refractivity contribution in [2.24, 2.45) is 0 Å². The van der Waals surface area contributed by atoms with Crippen molar-refractivity contribution in [2.45, 2.75) is 4.90 Å². The molecule has 1 aromatic heterocycles. The number of sulfonamides is 1. The molecule has 0 unspecified atom stereocenters. The molecule has 2 N–H and O–H groups in total. The van der Waals surface area contributed by atoms with Crippen molar-refractivity contribution in [2.75, 3.05) is 4.72 Å². The van der Waals surface area contributed by atoms with Crippen molar-refractivity contribution in [1.29, 1.82) is 0 Å². The normalized spacial score (nSPS) is 11.1. The summed E-state index contributed by atoms with van der Waals surface area (Å²) in [5, 5.41) is 15.8. The molecule has 0 aliphatic heterocycles. The Morgan fingerprint density at radius 1 is 1.14 bits per heavy atom. The van der Waals surface area contributed by atoms with Gasteiger partial charge in [0.15, 0.2) is 11.0 Å². The van der Waals surface area contributed by atoms with Gasteiger partial charge in [-0.2, -0.15) is 0 Å². The highest BCUT2D eigenvalue weighted by atomic mass is 35.5. The summed E-state index contributed by atoms with van der Waals surface area (Å²) in [5.74, 6) is -1.28. The summed E-state index contributed by atoms with van der Waals surface area (Å²) in [6, 6.07) is 5.97. The number of carboxylic acids is 1. The number of nitrogens with zero attached hydrogens (tertiary/aromatic N) is 2. The van der Waals surface area contributed by atoms with Gasteiger partial charge in [0.1, 0.15) is 0 Å². The lowest BCUT2D eigenvalue weighted by Crippen LogP contribution is -2.14. The van der Waals surface area contributed by atoms with Crippen LogP contribution >= 0.6 is 23.2 Å². The molecule has 0 saturated carbocycles. The molecule has 0 atom stereocenters. The van der Waals surface area contributed by atoms with Gasteiger partial charge >= 0.3 is 5.97 Å². The van der Waals surface area contributed by atoms with E-state index in [9.17, 15) is 13.2 Å². The molecule has 0 aliphatic rings. The summed E-state index contributed by atoms with van der Waals surface area (Å²) < 4.78 is 26.4. The van der Waals surface area contributed by atoms with Gasteiger partial charge in [-0.25, -0.2) is 13.2 Å². The van der Waals surface area contributed by atoms with E-state index in [1.807, 2.05) is 0 Å². The van der Waals surface area contributed by atoms with Gasteiger partial charge in [0, 0.05) is 0 Å². The number of nitrogens with one attached hydrogen (secondary N) is 1. The van der Waals surface area contributed by atoms with Gasteiger partial charge in [0.2, 0.25) is 0 Å². The lowest BCUT2D eigenvalue weighted by atomic mass is 10.2. The fourth-order valence-corrected chi connectivity index (χ4v) is 2.85. The van der Waals surface area contributed by atoms with Crippen LogP contribution in [0.15, 0.2) is 35.2 Å². The van der Waals surface area contributed by atoms with E-state index < -0.39 is 16.0 Å². The Bertz CT molecular complexity index is 794. The van der Waals surface area contributed by atoms with Crippen molar-refractivity contribution < 1.29 is 18.3 Å². The van der Waals surface area contributed by atoms with Crippen molar-refractivity contribution in [3.63, 3.8) is 0 Å². The molecule has 0 radical (unpaired) electrons. The minimum Gasteiger partial charge on any atom is -0.478 e. The van der Waals surface area contributed by atoms with E-state index in [1.165, 1.54) is 12.1 Å². The summed E-state index contributed by atoms with van der Waals surface area (Å²) in [5.41, 5.74) is -0.193. The molecule has 110 valence electrons. The highest BCUT2D eigenvalue weighted by Crippen LogP contribution is 2.22. The van der Waals surface area contributed by atoms with Gasteiger partial charge in [-0.1, -0.05) is 23.2 Å². The van der Waals surface area contributed by atoms with Crippen LogP contribution in [0, 0.1) is 0 Å². The number of carboxylic acid groups (broad SMARTS) is 1. The number of hydrogen-bond acceptors (Lipinski definition) is 5. The minimum atomic E-state index is -3.96. The molecule has 0 aliphatic carbocycles. The number of aromatic nitrogens is 2. The van der Waals surface area contributed by atoms with Crippen LogP contribution in [0.3, 0.4) is 0 Å². The molecular weight excluding hydrogens is 341 g/mol. The zero-order chi connectivity index (χ0) is 15.6. The zero-order valence-corrected chi connectivity index (χ0v) is 12.4. The quantitative estimate of drug-likeness (QED) is 0.877. The van der Waals surface area contributed by atoms with Crippen molar-refractivity contribution in [3.8, 4) is 0 Å². The molecule has 0 saturated heterocycles. The zero-order valence-electron chi connectivity index (χ0n) is 10.1. The number of aromatic carboxylic acids is 1. The Labute approximate surface area is 129 Å². The Hall–Kier alpha value is -1.90. The smallest absolute Gasteiger partial charge is 0.337 e. The fourth-order valence-electron chi connectivity index (χ4n) is 1.40. The van der Waals surface area contributed by atoms with Gasteiger partial charge in [0.05, 0.1) is 15.5 Å². The standard InChI is InChI=1S/C11H7Cl2N3O4S/c12-8-5-6(1-2-7(8)11(17)18)21(19,20)16-10-4-3-9(13)14-15-10/h1-5H,(H,15,16)(H,17,18). The third-order valence-electron chi connectivity index (χ3n) is 2.35. The molecule has 2 aromatic rings. The maximum absolute atomic E-state index is 12.1. The van der Waals surface area contributed by atoms with E-state index in [0.717, 1.165) is 18.2 Å². The number of carbonyl (C=O) groups is 1. The molecule has 1 aromatic carbocycles. The van der Waals surface area contributed by atoms with Crippen LogP contribution in [-0.2, 0) is 10.0 Å². The van der Waals surface area contributed by atoms with E-state index in [4.69, 9.17) is 28.3 Å². The van der Waals surface area contributed by atoms with E-state index in [0.29, 0.717) is 0 Å². The van der Waals surface area contributed by atoms with Crippen LogP contribution in [0.4, 0.5) is 5.82 Å². The third-order valence-corrected chi connectivity index (χ3v) is 4.22. The molecule has 10 heteroatoms. The highest BCUT2D eigenvalue weighted by Gasteiger charge is 2.18. The Morgan fingerprint density at radius 2 is 1.86 bits per heavy atom. The Kier molecular flexibility index (Phi) is 4.31. The van der Waals surface area contributed by atoms with Crippen LogP contribution in [0.25, 0.3) is 0 Å². The van der Waals surface area contributed by atoms with E-state index in [1.54, 1.807) is 0 Å². The van der Waals surface area contributed by atoms with E-state index in [2.05, 4.69) is 14.9 Å². The second-order valence-electron chi connectivity index (χ2n) is 3.79. The van der Waals surface area contributed by atoms with Crippen LogP contribution < -0.4 is 4.72 Å². The first-order valence-electron chi connectivity index (χ1n) is 5.34. The molecular formula is C11H7Cl2N3O4S. The largest absolute Gasteiger partial charge is 0.478 e. The molecule has 0 bridgehead atoms. The highest BCUT2D eigenvalue weighted by molar-refractivity contribution is 7.92. The second-order valence-corrected chi connectivity index (χ2v) is 6.27. The first kappa shape index (κ1) is 15.5. The maximum atomic E-state index is 12.1. The molecule has 7 nitrogen and oxygen atoms in total. The van der Waals surface area contributed by atoms with Crippen molar-refractivity contribution in [3.05, 3.63) is 46.1 Å². The average molecular weight is 348 g/mol. The summed E-state index contributed by atoms with van der Waals surface area (Å²) in [6.07, 6.45) is 0. The second kappa shape index (κ2) is 5.84. The van der Waals surface area contributed by atoms with Gasteiger partial charge in [-0.3, -0.25) is 4.72 Å². The minimum absolute atomic E-state index is 0.0298. The summed E-state index contributed by atoms with van der Waals surface area (Å²) in [7, 11) is -3.96. The van der Waals surface area contributed by atoms with Gasteiger partial charge in [-0.05, 0) is 30.3 Å². The predicted octanol–water partition coefficient (Wildman–Crippen LogP) is 2.28. The SMILES string of the molecule is O=C(O)c1ccc(S(=O)(=O)Nc2ccc(Cl)nn2)cc1Cl. The lowest BCUT2D eigenvalue weighted by molar-refractivity contribution is 0.0697. The van der Waals surface area contributed by atoms with E-state index >= 15 is 0 Å². The monoisotopic (exact) mass is 347 g/mol. The number of halogens is 2. The van der Waals surface area contributed by atoms with E-state index in [-0.39, 0.29) is 26.5 Å². The summed E-state index contributed by atoms with van der Waals surface area (Å²) in [6.45, 7) is 0. The molecule has 2 rings (SSSR count). The first-order chi connectivity index (χ1) is 9.79.